The molecule has 3 rings (SSSR count). The van der Waals surface area contributed by atoms with Crippen molar-refractivity contribution in [2.24, 2.45) is 0 Å². The van der Waals surface area contributed by atoms with Gasteiger partial charge in [-0.25, -0.2) is 9.78 Å². The van der Waals surface area contributed by atoms with Gasteiger partial charge in [0.25, 0.3) is 0 Å². The van der Waals surface area contributed by atoms with Gasteiger partial charge in [-0.1, -0.05) is 0 Å². The van der Waals surface area contributed by atoms with E-state index in [4.69, 9.17) is 4.74 Å². The number of aromatic nitrogens is 1. The van der Waals surface area contributed by atoms with Crippen molar-refractivity contribution in [1.29, 1.82) is 0 Å². The van der Waals surface area contributed by atoms with Crippen molar-refractivity contribution in [2.45, 2.75) is 25.4 Å². The average molecular weight is 294 g/mol. The maximum absolute atomic E-state index is 11.5. The summed E-state index contributed by atoms with van der Waals surface area (Å²) in [5.41, 5.74) is 1.70. The van der Waals surface area contributed by atoms with Crippen LogP contribution in [0, 0.1) is 0 Å². The molecule has 0 bridgehead atoms. The first-order valence-electron chi connectivity index (χ1n) is 6.09. The van der Waals surface area contributed by atoms with Crippen molar-refractivity contribution >= 4 is 33.8 Å². The van der Waals surface area contributed by atoms with Crippen LogP contribution in [0.2, 0.25) is 0 Å². The fourth-order valence-electron chi connectivity index (χ4n) is 1.91. The van der Waals surface area contributed by atoms with Crippen molar-refractivity contribution in [1.82, 2.24) is 4.98 Å². The maximum Gasteiger partial charge on any atom is 0.357 e. The summed E-state index contributed by atoms with van der Waals surface area (Å²) in [6.07, 6.45) is 2.41. The molecule has 19 heavy (non-hydrogen) atoms. The number of carbonyl (C=O) groups excluding carboxylic acids is 1. The molecule has 0 saturated heterocycles. The molecule has 2 aromatic heterocycles. The van der Waals surface area contributed by atoms with E-state index < -0.39 is 0 Å². The Morgan fingerprint density at radius 3 is 3.00 bits per heavy atom. The summed E-state index contributed by atoms with van der Waals surface area (Å²) in [7, 11) is 1.38. The van der Waals surface area contributed by atoms with Gasteiger partial charge >= 0.3 is 5.97 Å². The van der Waals surface area contributed by atoms with E-state index in [1.807, 2.05) is 0 Å². The van der Waals surface area contributed by atoms with Gasteiger partial charge in [-0.2, -0.15) is 11.3 Å². The molecule has 0 atom stereocenters. The Morgan fingerprint density at radius 1 is 1.53 bits per heavy atom. The molecular weight excluding hydrogens is 280 g/mol. The van der Waals surface area contributed by atoms with Gasteiger partial charge in [0.05, 0.1) is 7.11 Å². The monoisotopic (exact) mass is 294 g/mol. The number of hydrogen-bond donors (Lipinski definition) is 0. The molecule has 1 saturated carbocycles. The van der Waals surface area contributed by atoms with Crippen molar-refractivity contribution < 1.29 is 9.53 Å². The van der Waals surface area contributed by atoms with Crippen LogP contribution < -0.4 is 4.90 Å². The number of rotatable bonds is 5. The van der Waals surface area contributed by atoms with Crippen molar-refractivity contribution in [2.75, 3.05) is 12.0 Å². The highest BCUT2D eigenvalue weighted by Gasteiger charge is 2.31. The molecule has 0 unspecified atom stereocenters. The maximum atomic E-state index is 11.5. The minimum atomic E-state index is -0.367. The number of carbonyl (C=O) groups is 1. The molecule has 100 valence electrons. The Balaban J connectivity index is 1.80. The summed E-state index contributed by atoms with van der Waals surface area (Å²) in [5, 5.41) is 6.92. The van der Waals surface area contributed by atoms with E-state index in [2.05, 4.69) is 26.7 Å². The van der Waals surface area contributed by atoms with Crippen LogP contribution in [-0.4, -0.2) is 24.1 Å². The van der Waals surface area contributed by atoms with Crippen LogP contribution in [0.15, 0.2) is 22.2 Å². The van der Waals surface area contributed by atoms with E-state index in [0.29, 0.717) is 11.7 Å². The smallest absolute Gasteiger partial charge is 0.357 e. The molecule has 0 radical (unpaired) electrons. The van der Waals surface area contributed by atoms with E-state index in [1.165, 1.54) is 36.9 Å². The molecule has 0 aromatic carbocycles. The lowest BCUT2D eigenvalue weighted by Gasteiger charge is -2.20. The molecule has 0 spiro atoms. The standard InChI is InChI=1S/C13H14N2O2S2/c1-17-12(16)11-8-19-13(14-11)15(10-2-3-10)6-9-4-5-18-7-9/h4-5,7-8,10H,2-3,6H2,1H3. The SMILES string of the molecule is COC(=O)c1csc(N(Cc2ccsc2)C2CC2)n1. The summed E-state index contributed by atoms with van der Waals surface area (Å²) >= 11 is 3.21. The minimum Gasteiger partial charge on any atom is -0.464 e. The zero-order valence-corrected chi connectivity index (χ0v) is 12.2. The van der Waals surface area contributed by atoms with Gasteiger partial charge < -0.3 is 9.64 Å². The third-order valence-electron chi connectivity index (χ3n) is 3.05. The Bertz CT molecular complexity index is 561. The number of ether oxygens (including phenoxy) is 1. The van der Waals surface area contributed by atoms with Gasteiger partial charge in [-0.05, 0) is 35.2 Å². The fourth-order valence-corrected chi connectivity index (χ4v) is 3.44. The lowest BCUT2D eigenvalue weighted by Crippen LogP contribution is -2.24. The molecule has 6 heteroatoms. The van der Waals surface area contributed by atoms with Crippen LogP contribution in [0.4, 0.5) is 5.13 Å². The molecule has 1 aliphatic rings. The first kappa shape index (κ1) is 12.6. The highest BCUT2D eigenvalue weighted by molar-refractivity contribution is 7.14. The van der Waals surface area contributed by atoms with E-state index in [9.17, 15) is 4.79 Å². The number of methoxy groups -OCH3 is 1. The van der Waals surface area contributed by atoms with Crippen LogP contribution in [0.25, 0.3) is 0 Å². The van der Waals surface area contributed by atoms with Gasteiger partial charge in [0, 0.05) is 18.0 Å². The molecule has 0 amide bonds. The molecule has 2 aromatic rings. The van der Waals surface area contributed by atoms with Crippen molar-refractivity contribution in [3.63, 3.8) is 0 Å². The van der Waals surface area contributed by atoms with Crippen LogP contribution in [0.5, 0.6) is 0 Å². The zero-order valence-electron chi connectivity index (χ0n) is 10.5. The number of anilines is 1. The molecule has 1 aliphatic carbocycles. The number of esters is 1. The topological polar surface area (TPSA) is 42.4 Å². The largest absolute Gasteiger partial charge is 0.464 e. The van der Waals surface area contributed by atoms with Gasteiger partial charge in [0.15, 0.2) is 10.8 Å². The molecule has 1 fully saturated rings. The molecular formula is C13H14N2O2S2. The van der Waals surface area contributed by atoms with Crippen LogP contribution >= 0.6 is 22.7 Å². The number of thiazole rings is 1. The highest BCUT2D eigenvalue weighted by atomic mass is 32.1. The lowest BCUT2D eigenvalue weighted by molar-refractivity contribution is 0.0595. The fraction of sp³-hybridized carbons (Fsp3) is 0.385. The van der Waals surface area contributed by atoms with Crippen LogP contribution in [0.1, 0.15) is 28.9 Å². The molecule has 4 nitrogen and oxygen atoms in total. The first-order valence-corrected chi connectivity index (χ1v) is 7.91. The Kier molecular flexibility index (Phi) is 3.52. The van der Waals surface area contributed by atoms with Crippen molar-refractivity contribution in [3.8, 4) is 0 Å². The Morgan fingerprint density at radius 2 is 2.37 bits per heavy atom. The van der Waals surface area contributed by atoms with E-state index in [1.54, 1.807) is 16.7 Å². The summed E-state index contributed by atoms with van der Waals surface area (Å²) in [5.74, 6) is -0.367. The number of thiophene rings is 1. The predicted molar refractivity (Wildman–Crippen MR) is 77.0 cm³/mol. The minimum absolute atomic E-state index is 0.367. The second kappa shape index (κ2) is 5.30. The second-order valence-electron chi connectivity index (χ2n) is 4.50. The highest BCUT2D eigenvalue weighted by Crippen LogP contribution is 2.35. The average Bonchev–Trinajstić information content (AvgIpc) is 2.94. The van der Waals surface area contributed by atoms with Crippen LogP contribution in [0.3, 0.4) is 0 Å². The van der Waals surface area contributed by atoms with Crippen molar-refractivity contribution in [3.05, 3.63) is 33.5 Å². The number of hydrogen-bond acceptors (Lipinski definition) is 6. The molecule has 0 N–H and O–H groups in total. The van der Waals surface area contributed by atoms with E-state index in [-0.39, 0.29) is 5.97 Å². The first-order chi connectivity index (χ1) is 9.28. The molecule has 2 heterocycles. The predicted octanol–water partition coefficient (Wildman–Crippen LogP) is 3.16. The second-order valence-corrected chi connectivity index (χ2v) is 6.11. The van der Waals surface area contributed by atoms with Gasteiger partial charge in [-0.15, -0.1) is 11.3 Å². The summed E-state index contributed by atoms with van der Waals surface area (Å²) < 4.78 is 4.70. The Hall–Kier alpha value is -1.40. The van der Waals surface area contributed by atoms with E-state index in [0.717, 1.165) is 11.7 Å². The van der Waals surface area contributed by atoms with Gasteiger partial charge in [0.1, 0.15) is 0 Å². The van der Waals surface area contributed by atoms with Gasteiger partial charge in [0.2, 0.25) is 0 Å². The number of nitrogens with zero attached hydrogens (tertiary/aromatic N) is 2. The normalized spacial score (nSPS) is 14.4. The summed E-state index contributed by atoms with van der Waals surface area (Å²) in [6.45, 7) is 0.863. The summed E-state index contributed by atoms with van der Waals surface area (Å²) in [6, 6.07) is 2.70. The lowest BCUT2D eigenvalue weighted by atomic mass is 10.3. The zero-order chi connectivity index (χ0) is 13.2. The van der Waals surface area contributed by atoms with Gasteiger partial charge in [-0.3, -0.25) is 0 Å². The quantitative estimate of drug-likeness (QED) is 0.794. The third-order valence-corrected chi connectivity index (χ3v) is 4.66. The Labute approximate surface area is 119 Å². The van der Waals surface area contributed by atoms with E-state index >= 15 is 0 Å². The molecule has 0 aliphatic heterocycles. The summed E-state index contributed by atoms with van der Waals surface area (Å²) in [4.78, 5) is 18.1. The van der Waals surface area contributed by atoms with Crippen LogP contribution in [-0.2, 0) is 11.3 Å². The third kappa shape index (κ3) is 2.79.